The van der Waals surface area contributed by atoms with Gasteiger partial charge in [0.25, 0.3) is 5.56 Å². The number of rotatable bonds is 2. The van der Waals surface area contributed by atoms with Crippen LogP contribution in [0.4, 0.5) is 5.82 Å². The average Bonchev–Trinajstić information content (AvgIpc) is 2.84. The van der Waals surface area contributed by atoms with Crippen LogP contribution < -0.4 is 11.3 Å². The van der Waals surface area contributed by atoms with Gasteiger partial charge in [-0.05, 0) is 6.07 Å². The minimum absolute atomic E-state index is 0.117. The third-order valence-corrected chi connectivity index (χ3v) is 2.60. The number of nitrogen functional groups attached to an aromatic ring is 1. The summed E-state index contributed by atoms with van der Waals surface area (Å²) in [6, 6.07) is 1.67. The van der Waals surface area contributed by atoms with Crippen molar-refractivity contribution in [1.82, 2.24) is 24.1 Å². The highest BCUT2D eigenvalue weighted by Gasteiger charge is 2.04. The molecule has 3 aromatic rings. The zero-order valence-electron chi connectivity index (χ0n) is 9.39. The molecular formula is C11H10N6O. The molecule has 0 fully saturated rings. The summed E-state index contributed by atoms with van der Waals surface area (Å²) in [6.45, 7) is 0.355. The first-order valence-electron chi connectivity index (χ1n) is 5.33. The molecule has 0 saturated carbocycles. The lowest BCUT2D eigenvalue weighted by Crippen LogP contribution is -2.22. The Labute approximate surface area is 102 Å². The zero-order valence-corrected chi connectivity index (χ0v) is 9.39. The molecule has 0 unspecified atom stereocenters. The SMILES string of the molecule is Nc1cnc(Cn2ccn3nccc3c2=O)cn1. The molecule has 0 atom stereocenters. The van der Waals surface area contributed by atoms with Gasteiger partial charge in [-0.2, -0.15) is 5.10 Å². The molecule has 0 radical (unpaired) electrons. The molecule has 3 heterocycles. The standard InChI is InChI=1S/C11H10N6O/c12-10-6-13-8(5-14-10)7-16-3-4-17-9(11(16)18)1-2-15-17/h1-6H,7H2,(H2,12,14). The normalized spacial score (nSPS) is 10.9. The third-order valence-electron chi connectivity index (χ3n) is 2.60. The number of nitrogens with two attached hydrogens (primary N) is 1. The summed E-state index contributed by atoms with van der Waals surface area (Å²) in [7, 11) is 0. The monoisotopic (exact) mass is 242 g/mol. The predicted molar refractivity (Wildman–Crippen MR) is 65.0 cm³/mol. The highest BCUT2D eigenvalue weighted by molar-refractivity contribution is 5.42. The van der Waals surface area contributed by atoms with Gasteiger partial charge >= 0.3 is 0 Å². The van der Waals surface area contributed by atoms with Gasteiger partial charge in [-0.25, -0.2) is 9.50 Å². The second-order valence-electron chi connectivity index (χ2n) is 3.82. The maximum Gasteiger partial charge on any atom is 0.276 e. The predicted octanol–water partition coefficient (Wildman–Crippen LogP) is -0.0835. The Balaban J connectivity index is 2.02. The van der Waals surface area contributed by atoms with Gasteiger partial charge in [-0.15, -0.1) is 0 Å². The lowest BCUT2D eigenvalue weighted by atomic mass is 10.4. The van der Waals surface area contributed by atoms with E-state index in [1.165, 1.54) is 10.7 Å². The maximum absolute atomic E-state index is 12.1. The van der Waals surface area contributed by atoms with E-state index >= 15 is 0 Å². The number of nitrogens with zero attached hydrogens (tertiary/aromatic N) is 5. The van der Waals surface area contributed by atoms with Crippen molar-refractivity contribution in [2.24, 2.45) is 0 Å². The first-order valence-corrected chi connectivity index (χ1v) is 5.33. The molecule has 0 aliphatic rings. The van der Waals surface area contributed by atoms with E-state index in [0.29, 0.717) is 23.6 Å². The molecule has 7 heteroatoms. The summed E-state index contributed by atoms with van der Waals surface area (Å²) in [6.07, 6.45) is 8.01. The van der Waals surface area contributed by atoms with Gasteiger partial charge in [0.1, 0.15) is 11.3 Å². The topological polar surface area (TPSA) is 91.1 Å². The van der Waals surface area contributed by atoms with Gasteiger partial charge in [0, 0.05) is 12.4 Å². The van der Waals surface area contributed by atoms with Crippen molar-refractivity contribution in [2.75, 3.05) is 5.73 Å². The lowest BCUT2D eigenvalue weighted by Gasteiger charge is -2.05. The van der Waals surface area contributed by atoms with E-state index in [-0.39, 0.29) is 5.56 Å². The van der Waals surface area contributed by atoms with Crippen molar-refractivity contribution >= 4 is 11.3 Å². The van der Waals surface area contributed by atoms with Crippen molar-refractivity contribution in [3.05, 3.63) is 53.1 Å². The molecule has 0 aromatic carbocycles. The molecule has 7 nitrogen and oxygen atoms in total. The molecular weight excluding hydrogens is 232 g/mol. The van der Waals surface area contributed by atoms with Gasteiger partial charge in [-0.1, -0.05) is 0 Å². The maximum atomic E-state index is 12.1. The van der Waals surface area contributed by atoms with Crippen LogP contribution in [0.1, 0.15) is 5.69 Å². The van der Waals surface area contributed by atoms with E-state index in [1.807, 2.05) is 0 Å². The summed E-state index contributed by atoms with van der Waals surface area (Å²) in [5, 5.41) is 4.00. The molecule has 0 bridgehead atoms. The van der Waals surface area contributed by atoms with Crippen molar-refractivity contribution in [1.29, 1.82) is 0 Å². The Morgan fingerprint density at radius 3 is 2.89 bits per heavy atom. The van der Waals surface area contributed by atoms with E-state index in [9.17, 15) is 4.79 Å². The number of anilines is 1. The molecule has 3 aromatic heterocycles. The van der Waals surface area contributed by atoms with E-state index in [2.05, 4.69) is 15.1 Å². The van der Waals surface area contributed by atoms with Crippen LogP contribution in [0.3, 0.4) is 0 Å². The minimum atomic E-state index is -0.117. The molecule has 18 heavy (non-hydrogen) atoms. The number of hydrogen-bond acceptors (Lipinski definition) is 5. The van der Waals surface area contributed by atoms with Crippen LogP contribution in [0.15, 0.2) is 41.8 Å². The van der Waals surface area contributed by atoms with Crippen molar-refractivity contribution < 1.29 is 0 Å². The van der Waals surface area contributed by atoms with Crippen LogP contribution in [0.25, 0.3) is 5.52 Å². The fourth-order valence-corrected chi connectivity index (χ4v) is 1.71. The molecule has 0 aliphatic carbocycles. The summed E-state index contributed by atoms with van der Waals surface area (Å²) in [4.78, 5) is 20.1. The van der Waals surface area contributed by atoms with Gasteiger partial charge in [-0.3, -0.25) is 9.78 Å². The molecule has 0 aliphatic heterocycles. The smallest absolute Gasteiger partial charge is 0.276 e. The summed E-state index contributed by atoms with van der Waals surface area (Å²) in [5.74, 6) is 0.359. The quantitative estimate of drug-likeness (QED) is 0.678. The first kappa shape index (κ1) is 10.5. The lowest BCUT2D eigenvalue weighted by molar-refractivity contribution is 0.723. The summed E-state index contributed by atoms with van der Waals surface area (Å²) < 4.78 is 3.09. The van der Waals surface area contributed by atoms with E-state index < -0.39 is 0 Å². The average molecular weight is 242 g/mol. The van der Waals surface area contributed by atoms with Crippen LogP contribution in [0.5, 0.6) is 0 Å². The summed E-state index contributed by atoms with van der Waals surface area (Å²) in [5.41, 5.74) is 6.54. The molecule has 2 N–H and O–H groups in total. The molecule has 90 valence electrons. The number of aromatic nitrogens is 5. The van der Waals surface area contributed by atoms with Crippen LogP contribution in [0, 0.1) is 0 Å². The Morgan fingerprint density at radius 1 is 1.22 bits per heavy atom. The first-order chi connectivity index (χ1) is 8.74. The largest absolute Gasteiger partial charge is 0.382 e. The fraction of sp³-hybridized carbons (Fsp3) is 0.0909. The highest BCUT2D eigenvalue weighted by atomic mass is 16.1. The zero-order chi connectivity index (χ0) is 12.5. The van der Waals surface area contributed by atoms with Gasteiger partial charge in [0.2, 0.25) is 0 Å². The van der Waals surface area contributed by atoms with Crippen molar-refractivity contribution in [3.8, 4) is 0 Å². The summed E-state index contributed by atoms with van der Waals surface area (Å²) >= 11 is 0. The third kappa shape index (κ3) is 1.71. The van der Waals surface area contributed by atoms with E-state index in [4.69, 9.17) is 5.73 Å². The highest BCUT2D eigenvalue weighted by Crippen LogP contribution is 2.00. The van der Waals surface area contributed by atoms with Gasteiger partial charge < -0.3 is 10.3 Å². The fourth-order valence-electron chi connectivity index (χ4n) is 1.71. The molecule has 0 amide bonds. The second kappa shape index (κ2) is 3.95. The van der Waals surface area contributed by atoms with Gasteiger partial charge in [0.05, 0.1) is 30.8 Å². The Bertz CT molecular complexity index is 742. The van der Waals surface area contributed by atoms with Crippen LogP contribution in [-0.2, 0) is 6.54 Å². The Kier molecular flexibility index (Phi) is 2.30. The van der Waals surface area contributed by atoms with E-state index in [1.54, 1.807) is 35.4 Å². The second-order valence-corrected chi connectivity index (χ2v) is 3.82. The van der Waals surface area contributed by atoms with Crippen LogP contribution >= 0.6 is 0 Å². The van der Waals surface area contributed by atoms with Crippen molar-refractivity contribution in [3.63, 3.8) is 0 Å². The molecule has 0 saturated heterocycles. The van der Waals surface area contributed by atoms with E-state index in [0.717, 1.165) is 0 Å². The van der Waals surface area contributed by atoms with Crippen LogP contribution in [0.2, 0.25) is 0 Å². The number of hydrogen-bond donors (Lipinski definition) is 1. The minimum Gasteiger partial charge on any atom is -0.382 e. The van der Waals surface area contributed by atoms with Crippen LogP contribution in [-0.4, -0.2) is 24.1 Å². The molecule has 0 spiro atoms. The Morgan fingerprint density at radius 2 is 2.11 bits per heavy atom. The molecule has 3 rings (SSSR count). The van der Waals surface area contributed by atoms with Crippen molar-refractivity contribution in [2.45, 2.75) is 6.54 Å². The Hall–Kier alpha value is -2.70. The number of fused-ring (bicyclic) bond motifs is 1. The van der Waals surface area contributed by atoms with Gasteiger partial charge in [0.15, 0.2) is 0 Å².